The summed E-state index contributed by atoms with van der Waals surface area (Å²) in [6.07, 6.45) is 0.123. The van der Waals surface area contributed by atoms with Crippen LogP contribution in [0.4, 0.5) is 0 Å². The van der Waals surface area contributed by atoms with Gasteiger partial charge < -0.3 is 4.74 Å². The molecule has 0 aromatic carbocycles. The van der Waals surface area contributed by atoms with Crippen LogP contribution in [0.2, 0.25) is 0 Å². The van der Waals surface area contributed by atoms with Crippen molar-refractivity contribution >= 4 is 28.5 Å². The molecule has 0 amide bonds. The molecule has 0 saturated heterocycles. The van der Waals surface area contributed by atoms with Crippen LogP contribution < -0.4 is 0 Å². The van der Waals surface area contributed by atoms with Crippen LogP contribution in [0.5, 0.6) is 0 Å². The minimum atomic E-state index is -3.91. The van der Waals surface area contributed by atoms with Crippen LogP contribution in [0.3, 0.4) is 0 Å². The Bertz CT molecular complexity index is 222. The van der Waals surface area contributed by atoms with Crippen LogP contribution in [0.15, 0.2) is 0 Å². The first-order chi connectivity index (χ1) is 4.92. The third-order valence-electron chi connectivity index (χ3n) is 0.852. The zero-order valence-corrected chi connectivity index (χ0v) is 8.15. The quantitative estimate of drug-likeness (QED) is 0.416. The third kappa shape index (κ3) is 12.4. The number of carbonyl (C=O) groups excluding carboxylic acids is 1. The van der Waals surface area contributed by atoms with E-state index < -0.39 is 16.1 Å². The molecule has 5 nitrogen and oxygen atoms in total. The maximum absolute atomic E-state index is 10.1. The van der Waals surface area contributed by atoms with E-state index in [1.165, 1.54) is 6.92 Å². The van der Waals surface area contributed by atoms with Crippen molar-refractivity contribution in [1.29, 1.82) is 0 Å². The van der Waals surface area contributed by atoms with Gasteiger partial charge in [-0.25, -0.2) is 0 Å². The molecule has 1 N–H and O–H groups in total. The van der Waals surface area contributed by atoms with Gasteiger partial charge in [0.1, 0.15) is 0 Å². The van der Waals surface area contributed by atoms with Crippen molar-refractivity contribution in [2.75, 3.05) is 12.4 Å². The Balaban J connectivity index is 0. The van der Waals surface area contributed by atoms with Crippen LogP contribution in [-0.2, 0) is 19.6 Å². The maximum atomic E-state index is 10.1. The Morgan fingerprint density at radius 3 is 2.33 bits per heavy atom. The van der Waals surface area contributed by atoms with Crippen molar-refractivity contribution in [3.63, 3.8) is 0 Å². The highest BCUT2D eigenvalue weighted by atomic mass is 35.5. The Kier molecular flexibility index (Phi) is 7.36. The Morgan fingerprint density at radius 2 is 2.00 bits per heavy atom. The van der Waals surface area contributed by atoms with E-state index in [1.807, 2.05) is 0 Å². The summed E-state index contributed by atoms with van der Waals surface area (Å²) in [6.45, 7) is 1.25. The second kappa shape index (κ2) is 6.22. The molecule has 74 valence electrons. The van der Waals surface area contributed by atoms with Gasteiger partial charge in [0.05, 0.1) is 12.4 Å². The third-order valence-corrected chi connectivity index (χ3v) is 1.66. The zero-order chi connectivity index (χ0) is 8.91. The summed E-state index contributed by atoms with van der Waals surface area (Å²) in [7, 11) is -3.91. The lowest BCUT2D eigenvalue weighted by molar-refractivity contribution is -0.140. The van der Waals surface area contributed by atoms with Gasteiger partial charge in [-0.05, 0) is 6.42 Å². The van der Waals surface area contributed by atoms with Gasteiger partial charge in [-0.2, -0.15) is 8.42 Å². The molecule has 0 radical (unpaired) electrons. The van der Waals surface area contributed by atoms with Crippen molar-refractivity contribution in [2.45, 2.75) is 13.3 Å². The Labute approximate surface area is 77.3 Å². The summed E-state index contributed by atoms with van der Waals surface area (Å²) in [4.78, 5) is 10.1. The van der Waals surface area contributed by atoms with Gasteiger partial charge in [0.15, 0.2) is 0 Å². The van der Waals surface area contributed by atoms with Gasteiger partial charge >= 0.3 is 5.97 Å². The maximum Gasteiger partial charge on any atom is 0.302 e. The number of ether oxygens (including phenoxy) is 1. The van der Waals surface area contributed by atoms with Gasteiger partial charge in [-0.15, -0.1) is 12.4 Å². The van der Waals surface area contributed by atoms with E-state index in [0.29, 0.717) is 0 Å². The number of carbonyl (C=O) groups is 1. The fourth-order valence-corrected chi connectivity index (χ4v) is 0.940. The Morgan fingerprint density at radius 1 is 1.50 bits per heavy atom. The van der Waals surface area contributed by atoms with Crippen LogP contribution >= 0.6 is 12.4 Å². The summed E-state index contributed by atoms with van der Waals surface area (Å²) in [5, 5.41) is 0. The lowest BCUT2D eigenvalue weighted by Gasteiger charge is -1.98. The molecule has 0 atom stereocenters. The molecule has 7 heteroatoms. The molecule has 0 aliphatic heterocycles. The molecule has 0 spiro atoms. The van der Waals surface area contributed by atoms with Crippen molar-refractivity contribution in [2.24, 2.45) is 0 Å². The minimum Gasteiger partial charge on any atom is -0.466 e. The van der Waals surface area contributed by atoms with Gasteiger partial charge in [0, 0.05) is 6.92 Å². The fourth-order valence-electron chi connectivity index (χ4n) is 0.457. The zero-order valence-electron chi connectivity index (χ0n) is 6.52. The van der Waals surface area contributed by atoms with E-state index in [-0.39, 0.29) is 31.2 Å². The molecule has 0 fully saturated rings. The van der Waals surface area contributed by atoms with E-state index in [9.17, 15) is 13.2 Å². The minimum absolute atomic E-state index is 0. The second-order valence-electron chi connectivity index (χ2n) is 1.98. The predicted molar refractivity (Wildman–Crippen MR) is 44.9 cm³/mol. The summed E-state index contributed by atoms with van der Waals surface area (Å²) >= 11 is 0. The van der Waals surface area contributed by atoms with E-state index in [1.54, 1.807) is 0 Å². The smallest absolute Gasteiger partial charge is 0.302 e. The highest BCUT2D eigenvalue weighted by molar-refractivity contribution is 7.85. The monoisotopic (exact) mass is 218 g/mol. The largest absolute Gasteiger partial charge is 0.466 e. The molecule has 0 aromatic rings. The summed E-state index contributed by atoms with van der Waals surface area (Å²) in [5.74, 6) is -0.833. The van der Waals surface area contributed by atoms with Crippen LogP contribution in [0.1, 0.15) is 13.3 Å². The topological polar surface area (TPSA) is 80.7 Å². The first-order valence-electron chi connectivity index (χ1n) is 3.00. The predicted octanol–water partition coefficient (Wildman–Crippen LogP) is 0.249. The lowest BCUT2D eigenvalue weighted by atomic mass is 10.5. The van der Waals surface area contributed by atoms with E-state index in [0.717, 1.165) is 0 Å². The highest BCUT2D eigenvalue weighted by Crippen LogP contribution is 1.89. The first-order valence-corrected chi connectivity index (χ1v) is 4.61. The molecular weight excluding hydrogens is 208 g/mol. The molecule has 0 aliphatic rings. The van der Waals surface area contributed by atoms with Gasteiger partial charge in [0.25, 0.3) is 10.1 Å². The van der Waals surface area contributed by atoms with Crippen molar-refractivity contribution in [3.8, 4) is 0 Å². The molecule has 0 heterocycles. The standard InChI is InChI=1S/C5H10O5S.ClH/c1-5(6)10-3-2-4-11(7,8)9;/h2-4H2,1H3,(H,7,8,9);1H. The van der Waals surface area contributed by atoms with Crippen molar-refractivity contribution < 1.29 is 22.5 Å². The number of esters is 1. The van der Waals surface area contributed by atoms with Crippen LogP contribution in [0, 0.1) is 0 Å². The molecule has 0 aliphatic carbocycles. The van der Waals surface area contributed by atoms with E-state index in [2.05, 4.69) is 4.74 Å². The van der Waals surface area contributed by atoms with Crippen molar-refractivity contribution in [1.82, 2.24) is 0 Å². The number of hydrogen-bond acceptors (Lipinski definition) is 4. The number of rotatable bonds is 4. The summed E-state index contributed by atoms with van der Waals surface area (Å²) < 4.78 is 32.8. The van der Waals surface area contributed by atoms with Gasteiger partial charge in [-0.1, -0.05) is 0 Å². The lowest BCUT2D eigenvalue weighted by Crippen LogP contribution is -2.08. The van der Waals surface area contributed by atoms with Crippen LogP contribution in [-0.4, -0.2) is 31.3 Å². The average Bonchev–Trinajstić information content (AvgIpc) is 1.78. The number of hydrogen-bond donors (Lipinski definition) is 1. The van der Waals surface area contributed by atoms with Gasteiger partial charge in [0.2, 0.25) is 0 Å². The first kappa shape index (κ1) is 14.2. The highest BCUT2D eigenvalue weighted by Gasteiger charge is 2.03. The van der Waals surface area contributed by atoms with Crippen molar-refractivity contribution in [3.05, 3.63) is 0 Å². The average molecular weight is 219 g/mol. The van der Waals surface area contributed by atoms with Crippen LogP contribution in [0.25, 0.3) is 0 Å². The molecule has 0 bridgehead atoms. The van der Waals surface area contributed by atoms with Gasteiger partial charge in [-0.3, -0.25) is 9.35 Å². The van der Waals surface area contributed by atoms with E-state index >= 15 is 0 Å². The summed E-state index contributed by atoms with van der Waals surface area (Å²) in [5.41, 5.74) is 0. The second-order valence-corrected chi connectivity index (χ2v) is 3.55. The fraction of sp³-hybridized carbons (Fsp3) is 0.800. The SMILES string of the molecule is CC(=O)OCCCS(=O)(=O)O.Cl. The molecule has 0 rings (SSSR count). The summed E-state index contributed by atoms with van der Waals surface area (Å²) in [6, 6.07) is 0. The molecular formula is C5H11ClO5S. The normalized spacial score (nSPS) is 10.2. The molecule has 0 aromatic heterocycles. The number of halogens is 1. The molecule has 0 saturated carbocycles. The molecule has 12 heavy (non-hydrogen) atoms. The Hall–Kier alpha value is -0.330. The molecule has 0 unspecified atom stereocenters. The van der Waals surface area contributed by atoms with E-state index in [4.69, 9.17) is 4.55 Å².